The van der Waals surface area contributed by atoms with Gasteiger partial charge in [0.1, 0.15) is 0 Å². The highest BCUT2D eigenvalue weighted by molar-refractivity contribution is 5.94. The average Bonchev–Trinajstić information content (AvgIpc) is 3.22. The first kappa shape index (κ1) is 17.5. The topological polar surface area (TPSA) is 60.9 Å². The highest BCUT2D eigenvalue weighted by Gasteiger charge is 2.49. The molecule has 4 rings (SSSR count). The molecule has 2 fully saturated rings. The van der Waals surface area contributed by atoms with E-state index in [1.165, 1.54) is 12.1 Å². The molecule has 3 atom stereocenters. The zero-order valence-corrected chi connectivity index (χ0v) is 15.0. The van der Waals surface area contributed by atoms with Crippen LogP contribution in [0.1, 0.15) is 28.9 Å². The number of fused-ring (bicyclic) bond motifs is 1. The van der Waals surface area contributed by atoms with E-state index in [4.69, 9.17) is 0 Å². The van der Waals surface area contributed by atoms with E-state index in [0.717, 1.165) is 11.6 Å². The summed E-state index contributed by atoms with van der Waals surface area (Å²) in [6.07, 6.45) is 0. The van der Waals surface area contributed by atoms with Crippen LogP contribution in [0.4, 0.5) is 4.39 Å². The largest absolute Gasteiger partial charge is 0.505 e. The average molecular weight is 368 g/mol. The van der Waals surface area contributed by atoms with E-state index in [1.54, 1.807) is 11.8 Å². The quantitative estimate of drug-likeness (QED) is 0.887. The van der Waals surface area contributed by atoms with E-state index in [1.807, 2.05) is 35.2 Å². The molecule has 0 bridgehead atoms. The number of aromatic hydroxyl groups is 1. The van der Waals surface area contributed by atoms with Gasteiger partial charge in [-0.1, -0.05) is 30.3 Å². The van der Waals surface area contributed by atoms with Gasteiger partial charge in [-0.15, -0.1) is 0 Å². The molecule has 0 saturated carbocycles. The van der Waals surface area contributed by atoms with E-state index in [-0.39, 0.29) is 35.3 Å². The molecule has 6 heteroatoms. The van der Waals surface area contributed by atoms with Gasteiger partial charge in [0.25, 0.3) is 5.91 Å². The Bertz CT molecular complexity index is 886. The summed E-state index contributed by atoms with van der Waals surface area (Å²) in [6.45, 7) is 3.29. The first-order valence-corrected chi connectivity index (χ1v) is 9.05. The van der Waals surface area contributed by atoms with Crippen molar-refractivity contribution in [2.45, 2.75) is 13.0 Å². The Balaban J connectivity index is 1.58. The molecule has 2 amide bonds. The summed E-state index contributed by atoms with van der Waals surface area (Å²) in [5, 5.41) is 9.55. The minimum Gasteiger partial charge on any atom is -0.505 e. The van der Waals surface area contributed by atoms with E-state index in [9.17, 15) is 19.1 Å². The summed E-state index contributed by atoms with van der Waals surface area (Å²) in [6, 6.07) is 13.5. The fraction of sp³-hybridized carbons (Fsp3) is 0.333. The van der Waals surface area contributed by atoms with Gasteiger partial charge in [0.15, 0.2) is 11.6 Å². The zero-order valence-electron chi connectivity index (χ0n) is 15.0. The number of likely N-dealkylation sites (tertiary alicyclic amines) is 2. The first-order chi connectivity index (χ1) is 13.0. The Hall–Kier alpha value is -2.89. The number of halogens is 1. The van der Waals surface area contributed by atoms with Crippen LogP contribution in [-0.4, -0.2) is 46.4 Å². The number of hydrogen-bond donors (Lipinski definition) is 1. The molecule has 0 aliphatic carbocycles. The van der Waals surface area contributed by atoms with Crippen LogP contribution in [0.25, 0.3) is 0 Å². The fourth-order valence-corrected chi connectivity index (χ4v) is 4.44. The number of amides is 2. The number of nitrogens with zero attached hydrogens (tertiary/aromatic N) is 2. The lowest BCUT2D eigenvalue weighted by molar-refractivity contribution is -0.130. The first-order valence-electron chi connectivity index (χ1n) is 9.05. The molecule has 2 aliphatic rings. The van der Waals surface area contributed by atoms with Gasteiger partial charge in [-0.3, -0.25) is 9.59 Å². The maximum Gasteiger partial charge on any atom is 0.254 e. The second-order valence-corrected chi connectivity index (χ2v) is 7.33. The van der Waals surface area contributed by atoms with Crippen molar-refractivity contribution < 1.29 is 19.1 Å². The standard InChI is InChI=1S/C21H21FN2O3/c1-13(25)24-11-16-10-23(21(27)15-7-8-18(22)19(26)9-15)12-17(16)20(24)14-5-3-2-4-6-14/h2-9,16-17,20,26H,10-12H2,1H3/t16-,17-,20-/m1/s1. The molecule has 2 aromatic rings. The van der Waals surface area contributed by atoms with E-state index >= 15 is 0 Å². The third-order valence-corrected chi connectivity index (χ3v) is 5.69. The van der Waals surface area contributed by atoms with Crippen LogP contribution < -0.4 is 0 Å². The third kappa shape index (κ3) is 3.05. The third-order valence-electron chi connectivity index (χ3n) is 5.69. The summed E-state index contributed by atoms with van der Waals surface area (Å²) in [5.74, 6) is -1.08. The number of carbonyl (C=O) groups excluding carboxylic acids is 2. The van der Waals surface area contributed by atoms with Gasteiger partial charge >= 0.3 is 0 Å². The van der Waals surface area contributed by atoms with Crippen molar-refractivity contribution >= 4 is 11.8 Å². The van der Waals surface area contributed by atoms with Crippen molar-refractivity contribution in [2.75, 3.05) is 19.6 Å². The molecule has 2 aliphatic heterocycles. The molecule has 2 aromatic carbocycles. The molecule has 0 spiro atoms. The molecule has 140 valence electrons. The van der Waals surface area contributed by atoms with Crippen LogP contribution in [0.3, 0.4) is 0 Å². The van der Waals surface area contributed by atoms with Crippen LogP contribution in [0, 0.1) is 17.7 Å². The number of benzene rings is 2. The number of phenols is 1. The lowest BCUT2D eigenvalue weighted by atomic mass is 9.89. The Morgan fingerprint density at radius 1 is 1.07 bits per heavy atom. The van der Waals surface area contributed by atoms with Crippen LogP contribution in [0.2, 0.25) is 0 Å². The van der Waals surface area contributed by atoms with Gasteiger partial charge in [-0.05, 0) is 23.8 Å². The summed E-state index contributed by atoms with van der Waals surface area (Å²) in [5.41, 5.74) is 1.35. The van der Waals surface area contributed by atoms with Crippen molar-refractivity contribution in [1.82, 2.24) is 9.80 Å². The minimum atomic E-state index is -0.744. The van der Waals surface area contributed by atoms with Gasteiger partial charge in [-0.2, -0.15) is 0 Å². The molecule has 27 heavy (non-hydrogen) atoms. The fourth-order valence-electron chi connectivity index (χ4n) is 4.44. The van der Waals surface area contributed by atoms with Gasteiger partial charge in [0, 0.05) is 44.0 Å². The van der Waals surface area contributed by atoms with Gasteiger partial charge in [0.05, 0.1) is 6.04 Å². The molecule has 0 radical (unpaired) electrons. The zero-order chi connectivity index (χ0) is 19.1. The second-order valence-electron chi connectivity index (χ2n) is 7.33. The van der Waals surface area contributed by atoms with Gasteiger partial charge in [0.2, 0.25) is 5.91 Å². The number of phenolic OH excluding ortho intramolecular Hbond substituents is 1. The number of hydrogen-bond acceptors (Lipinski definition) is 3. The SMILES string of the molecule is CC(=O)N1C[C@H]2CN(C(=O)c3ccc(F)c(O)c3)C[C@H]2[C@H]1c1ccccc1. The minimum absolute atomic E-state index is 0.0413. The van der Waals surface area contributed by atoms with Crippen LogP contribution in [-0.2, 0) is 4.79 Å². The summed E-state index contributed by atoms with van der Waals surface area (Å²) < 4.78 is 13.3. The van der Waals surface area contributed by atoms with Crippen molar-refractivity contribution in [2.24, 2.45) is 11.8 Å². The maximum atomic E-state index is 13.3. The second kappa shape index (κ2) is 6.68. The van der Waals surface area contributed by atoms with E-state index in [2.05, 4.69) is 0 Å². The molecule has 0 aromatic heterocycles. The van der Waals surface area contributed by atoms with E-state index in [0.29, 0.717) is 19.6 Å². The van der Waals surface area contributed by atoms with Crippen molar-refractivity contribution in [3.63, 3.8) is 0 Å². The highest BCUT2D eigenvalue weighted by Crippen LogP contribution is 2.45. The molecule has 1 N–H and O–H groups in total. The Labute approximate surface area is 157 Å². The number of rotatable bonds is 2. The van der Waals surface area contributed by atoms with Gasteiger partial charge < -0.3 is 14.9 Å². The van der Waals surface area contributed by atoms with Crippen LogP contribution in [0.15, 0.2) is 48.5 Å². The monoisotopic (exact) mass is 368 g/mol. The number of carbonyl (C=O) groups is 2. The van der Waals surface area contributed by atoms with Crippen LogP contribution in [0.5, 0.6) is 5.75 Å². The van der Waals surface area contributed by atoms with Crippen LogP contribution >= 0.6 is 0 Å². The summed E-state index contributed by atoms with van der Waals surface area (Å²) in [7, 11) is 0. The van der Waals surface area contributed by atoms with Crippen molar-refractivity contribution in [1.29, 1.82) is 0 Å². The predicted molar refractivity (Wildman–Crippen MR) is 97.5 cm³/mol. The lowest BCUT2D eigenvalue weighted by Crippen LogP contribution is -2.36. The summed E-state index contributed by atoms with van der Waals surface area (Å²) in [4.78, 5) is 28.6. The van der Waals surface area contributed by atoms with Crippen molar-refractivity contribution in [3.05, 3.63) is 65.5 Å². The molecular formula is C21H21FN2O3. The molecule has 0 unspecified atom stereocenters. The predicted octanol–water partition coefficient (Wildman–Crippen LogP) is 2.82. The molecule has 5 nitrogen and oxygen atoms in total. The maximum absolute atomic E-state index is 13.3. The summed E-state index contributed by atoms with van der Waals surface area (Å²) >= 11 is 0. The Morgan fingerprint density at radius 2 is 1.81 bits per heavy atom. The molecule has 2 saturated heterocycles. The molecular weight excluding hydrogens is 347 g/mol. The lowest BCUT2D eigenvalue weighted by Gasteiger charge is -2.29. The Kier molecular flexibility index (Phi) is 4.34. The highest BCUT2D eigenvalue weighted by atomic mass is 19.1. The Morgan fingerprint density at radius 3 is 2.48 bits per heavy atom. The molecule has 2 heterocycles. The normalized spacial score (nSPS) is 24.1. The van der Waals surface area contributed by atoms with E-state index < -0.39 is 11.6 Å². The van der Waals surface area contributed by atoms with Gasteiger partial charge in [-0.25, -0.2) is 4.39 Å². The smallest absolute Gasteiger partial charge is 0.254 e. The van der Waals surface area contributed by atoms with Crippen molar-refractivity contribution in [3.8, 4) is 5.75 Å².